The summed E-state index contributed by atoms with van der Waals surface area (Å²) < 4.78 is 27.9. The summed E-state index contributed by atoms with van der Waals surface area (Å²) in [6.45, 7) is 12.9. The van der Waals surface area contributed by atoms with E-state index < -0.39 is 0 Å². The fourth-order valence-electron chi connectivity index (χ4n) is 5.28. The fraction of sp³-hybridized carbons (Fsp3) is 0.562. The third kappa shape index (κ3) is 9.58. The average Bonchev–Trinajstić information content (AvgIpc) is 2.88. The lowest BCUT2D eigenvalue weighted by Crippen LogP contribution is -2.40. The summed E-state index contributed by atoms with van der Waals surface area (Å²) >= 11 is 0. The fourth-order valence-corrected chi connectivity index (χ4v) is 5.28. The number of amides is 2. The summed E-state index contributed by atoms with van der Waals surface area (Å²) in [5, 5.41) is 0. The maximum atomic E-state index is 14.5. The lowest BCUT2D eigenvalue weighted by atomic mass is 10.1. The lowest BCUT2D eigenvalue weighted by molar-refractivity contribution is -0.131. The molecule has 220 valence electrons. The van der Waals surface area contributed by atoms with Crippen LogP contribution in [0.25, 0.3) is 0 Å². The SMILES string of the molecule is CC(C)CC(=O)N1CCCN(CC(C)C)CCCN(C(=O)CCN(C)c2ccc(F)cc2)Cc2cc(F)ccc21. The molecule has 0 unspecified atom stereocenters. The van der Waals surface area contributed by atoms with Crippen LogP contribution in [0.1, 0.15) is 58.9 Å². The maximum Gasteiger partial charge on any atom is 0.227 e. The molecule has 0 radical (unpaired) electrons. The number of rotatable bonds is 8. The van der Waals surface area contributed by atoms with Crippen molar-refractivity contribution in [2.75, 3.05) is 56.1 Å². The molecule has 0 saturated carbocycles. The summed E-state index contributed by atoms with van der Waals surface area (Å²) in [6.07, 6.45) is 2.31. The van der Waals surface area contributed by atoms with Gasteiger partial charge in [-0.2, -0.15) is 0 Å². The van der Waals surface area contributed by atoms with E-state index in [1.807, 2.05) is 25.8 Å². The van der Waals surface area contributed by atoms with Gasteiger partial charge in [0.1, 0.15) is 11.6 Å². The Balaban J connectivity index is 1.87. The standard InChI is InChI=1S/C32H46F2N4O2/c1-24(2)20-32(40)38-18-7-16-36(22-25(3)4)15-6-17-37(23-26-21-28(34)10-13-30(26)38)31(39)14-19-35(5)29-11-8-27(33)9-12-29/h8-13,21,24-25H,6-7,14-20,22-23H2,1-5H3. The molecule has 2 aromatic carbocycles. The zero-order chi connectivity index (χ0) is 29.2. The monoisotopic (exact) mass is 556 g/mol. The molecule has 6 nitrogen and oxygen atoms in total. The maximum absolute atomic E-state index is 14.5. The predicted octanol–water partition coefficient (Wildman–Crippen LogP) is 5.95. The second kappa shape index (κ2) is 15.1. The smallest absolute Gasteiger partial charge is 0.227 e. The Morgan fingerprint density at radius 1 is 0.850 bits per heavy atom. The Morgan fingerprint density at radius 3 is 2.15 bits per heavy atom. The van der Waals surface area contributed by atoms with Gasteiger partial charge in [0.25, 0.3) is 0 Å². The molecule has 40 heavy (non-hydrogen) atoms. The minimum absolute atomic E-state index is 0.0223. The minimum atomic E-state index is -0.381. The van der Waals surface area contributed by atoms with Crippen LogP contribution in [0.15, 0.2) is 42.5 Å². The van der Waals surface area contributed by atoms with Gasteiger partial charge in [0.15, 0.2) is 0 Å². The summed E-state index contributed by atoms with van der Waals surface area (Å²) in [5.41, 5.74) is 2.17. The van der Waals surface area contributed by atoms with Crippen LogP contribution in [0.3, 0.4) is 0 Å². The van der Waals surface area contributed by atoms with Gasteiger partial charge < -0.3 is 19.6 Å². The first kappa shape index (κ1) is 31.5. The van der Waals surface area contributed by atoms with Gasteiger partial charge in [0.2, 0.25) is 11.8 Å². The second-order valence-corrected chi connectivity index (χ2v) is 11.8. The molecule has 0 bridgehead atoms. The van der Waals surface area contributed by atoms with Crippen molar-refractivity contribution in [1.29, 1.82) is 0 Å². The van der Waals surface area contributed by atoms with Crippen molar-refractivity contribution in [2.24, 2.45) is 11.8 Å². The van der Waals surface area contributed by atoms with Crippen LogP contribution < -0.4 is 9.80 Å². The van der Waals surface area contributed by atoms with E-state index >= 15 is 0 Å². The Kier molecular flexibility index (Phi) is 11.9. The van der Waals surface area contributed by atoms with Gasteiger partial charge in [-0.05, 0) is 85.8 Å². The molecule has 2 amide bonds. The Hall–Kier alpha value is -3.00. The van der Waals surface area contributed by atoms with Crippen molar-refractivity contribution in [3.8, 4) is 0 Å². The van der Waals surface area contributed by atoms with Crippen LogP contribution in [0.2, 0.25) is 0 Å². The first-order valence-electron chi connectivity index (χ1n) is 14.6. The molecule has 0 spiro atoms. The van der Waals surface area contributed by atoms with E-state index in [-0.39, 0.29) is 42.3 Å². The molecule has 0 saturated heterocycles. The van der Waals surface area contributed by atoms with Crippen LogP contribution >= 0.6 is 0 Å². The second-order valence-electron chi connectivity index (χ2n) is 11.8. The van der Waals surface area contributed by atoms with Crippen molar-refractivity contribution in [3.63, 3.8) is 0 Å². The Bertz CT molecular complexity index is 1110. The van der Waals surface area contributed by atoms with E-state index in [2.05, 4.69) is 18.7 Å². The van der Waals surface area contributed by atoms with Crippen molar-refractivity contribution in [1.82, 2.24) is 9.80 Å². The van der Waals surface area contributed by atoms with Crippen molar-refractivity contribution in [2.45, 2.75) is 59.9 Å². The van der Waals surface area contributed by atoms with Crippen LogP contribution in [0.4, 0.5) is 20.2 Å². The largest absolute Gasteiger partial charge is 0.374 e. The molecule has 3 rings (SSSR count). The highest BCUT2D eigenvalue weighted by atomic mass is 19.1. The van der Waals surface area contributed by atoms with Gasteiger partial charge in [0.05, 0.1) is 0 Å². The molecule has 0 atom stereocenters. The molecule has 1 heterocycles. The zero-order valence-electron chi connectivity index (χ0n) is 24.8. The van der Waals surface area contributed by atoms with E-state index in [0.717, 1.165) is 38.2 Å². The summed E-state index contributed by atoms with van der Waals surface area (Å²) in [6, 6.07) is 10.8. The number of anilines is 2. The number of carbonyl (C=O) groups excluding carboxylic acids is 2. The molecule has 0 aliphatic carbocycles. The number of nitrogens with zero attached hydrogens (tertiary/aromatic N) is 4. The van der Waals surface area contributed by atoms with Gasteiger partial charge in [-0.3, -0.25) is 9.59 Å². The average molecular weight is 557 g/mol. The summed E-state index contributed by atoms with van der Waals surface area (Å²) in [7, 11) is 1.88. The number of fused-ring (bicyclic) bond motifs is 1. The molecule has 1 aliphatic rings. The van der Waals surface area contributed by atoms with E-state index in [1.165, 1.54) is 24.3 Å². The van der Waals surface area contributed by atoms with E-state index in [4.69, 9.17) is 0 Å². The summed E-state index contributed by atoms with van der Waals surface area (Å²) in [5.74, 6) is 0.0202. The highest BCUT2D eigenvalue weighted by molar-refractivity contribution is 5.94. The third-order valence-electron chi connectivity index (χ3n) is 7.24. The highest BCUT2D eigenvalue weighted by Gasteiger charge is 2.24. The zero-order valence-corrected chi connectivity index (χ0v) is 24.8. The predicted molar refractivity (Wildman–Crippen MR) is 158 cm³/mol. The van der Waals surface area contributed by atoms with Crippen molar-refractivity contribution < 1.29 is 18.4 Å². The van der Waals surface area contributed by atoms with Gasteiger partial charge in [-0.1, -0.05) is 27.7 Å². The number of carbonyl (C=O) groups is 2. The van der Waals surface area contributed by atoms with Crippen LogP contribution in [0.5, 0.6) is 0 Å². The molecule has 0 aromatic heterocycles. The number of halogens is 2. The van der Waals surface area contributed by atoms with Gasteiger partial charge >= 0.3 is 0 Å². The molecule has 8 heteroatoms. The molecular formula is C32H46F2N4O2. The topological polar surface area (TPSA) is 47.1 Å². The van der Waals surface area contributed by atoms with Crippen molar-refractivity contribution in [3.05, 3.63) is 59.7 Å². The van der Waals surface area contributed by atoms with Gasteiger partial charge in [0, 0.05) is 64.0 Å². The molecule has 2 aromatic rings. The third-order valence-corrected chi connectivity index (χ3v) is 7.24. The van der Waals surface area contributed by atoms with E-state index in [1.54, 1.807) is 28.0 Å². The van der Waals surface area contributed by atoms with E-state index in [9.17, 15) is 18.4 Å². The highest BCUT2D eigenvalue weighted by Crippen LogP contribution is 2.26. The minimum Gasteiger partial charge on any atom is -0.374 e. The Labute approximate surface area is 238 Å². The number of hydrogen-bond acceptors (Lipinski definition) is 4. The van der Waals surface area contributed by atoms with Crippen molar-refractivity contribution >= 4 is 23.2 Å². The number of hydrogen-bond donors (Lipinski definition) is 0. The lowest BCUT2D eigenvalue weighted by Gasteiger charge is -2.32. The number of benzene rings is 2. The van der Waals surface area contributed by atoms with Gasteiger partial charge in [-0.15, -0.1) is 0 Å². The van der Waals surface area contributed by atoms with Gasteiger partial charge in [-0.25, -0.2) is 8.78 Å². The Morgan fingerprint density at radius 2 is 1.50 bits per heavy atom. The van der Waals surface area contributed by atoms with Crippen LogP contribution in [0, 0.1) is 23.5 Å². The quantitative estimate of drug-likeness (QED) is 0.403. The molecular weight excluding hydrogens is 510 g/mol. The van der Waals surface area contributed by atoms with E-state index in [0.29, 0.717) is 43.2 Å². The van der Waals surface area contributed by atoms with Crippen LogP contribution in [-0.2, 0) is 16.1 Å². The molecule has 0 N–H and O–H groups in total. The first-order valence-corrected chi connectivity index (χ1v) is 14.6. The summed E-state index contributed by atoms with van der Waals surface area (Å²) in [4.78, 5) is 34.9. The molecule has 1 aliphatic heterocycles. The molecule has 0 fully saturated rings. The normalized spacial score (nSPS) is 15.5. The first-order chi connectivity index (χ1) is 19.0. The van der Waals surface area contributed by atoms with Crippen LogP contribution in [-0.4, -0.2) is 67.9 Å².